The van der Waals surface area contributed by atoms with Crippen molar-refractivity contribution in [3.05, 3.63) is 65.2 Å². The van der Waals surface area contributed by atoms with Crippen LogP contribution in [-0.2, 0) is 37.9 Å². The van der Waals surface area contributed by atoms with Crippen molar-refractivity contribution in [1.82, 2.24) is 20.9 Å². The number of likely N-dealkylation sites (tertiary alicyclic amines) is 1. The Kier molecular flexibility index (Phi) is 13.5. The van der Waals surface area contributed by atoms with E-state index in [4.69, 9.17) is 5.73 Å². The SMILES string of the molecule is C[C@@H](NC(=O)c1ccc(CNC(=O)[C@H](CCCCN)NC(=O)Cc2ccc(OS(=O)(=O)F)cc2)cc1)C(=O)N1CCC[C@H]1B(O)O. The minimum absolute atomic E-state index is 0.109. The summed E-state index contributed by atoms with van der Waals surface area (Å²) < 4.78 is 38.1. The molecule has 3 atom stereocenters. The van der Waals surface area contributed by atoms with E-state index in [0.717, 1.165) is 0 Å². The van der Waals surface area contributed by atoms with E-state index in [-0.39, 0.29) is 24.3 Å². The minimum Gasteiger partial charge on any atom is -0.426 e. The van der Waals surface area contributed by atoms with Crippen molar-refractivity contribution in [2.45, 2.75) is 70.0 Å². The lowest BCUT2D eigenvalue weighted by atomic mass is 9.78. The van der Waals surface area contributed by atoms with Gasteiger partial charge in [0.25, 0.3) is 5.91 Å². The van der Waals surface area contributed by atoms with E-state index in [0.29, 0.717) is 56.3 Å². The zero-order valence-electron chi connectivity index (χ0n) is 25.4. The van der Waals surface area contributed by atoms with Crippen LogP contribution in [0.3, 0.4) is 0 Å². The Hall–Kier alpha value is -4.06. The molecule has 2 aromatic rings. The van der Waals surface area contributed by atoms with E-state index in [1.165, 1.54) is 36.1 Å². The second kappa shape index (κ2) is 17.0. The highest BCUT2D eigenvalue weighted by Gasteiger charge is 2.38. The Morgan fingerprint density at radius 1 is 1.04 bits per heavy atom. The molecule has 3 rings (SSSR count). The Morgan fingerprint density at radius 3 is 2.30 bits per heavy atom. The van der Waals surface area contributed by atoms with E-state index in [9.17, 15) is 41.5 Å². The second-order valence-corrected chi connectivity index (χ2v) is 11.9. The van der Waals surface area contributed by atoms with Crippen LogP contribution in [-0.4, -0.2) is 85.2 Å². The molecule has 4 amide bonds. The summed E-state index contributed by atoms with van der Waals surface area (Å²) in [6.07, 6.45) is 2.55. The number of amides is 4. The first kappa shape index (κ1) is 36.4. The molecular weight excluding hydrogens is 624 g/mol. The Morgan fingerprint density at radius 2 is 1.70 bits per heavy atom. The van der Waals surface area contributed by atoms with Crippen molar-refractivity contribution in [2.75, 3.05) is 13.1 Å². The van der Waals surface area contributed by atoms with Crippen LogP contribution in [0.2, 0.25) is 0 Å². The third-order valence-corrected chi connectivity index (χ3v) is 7.80. The maximum absolute atomic E-state index is 13.0. The van der Waals surface area contributed by atoms with Crippen LogP contribution in [0.15, 0.2) is 48.5 Å². The zero-order chi connectivity index (χ0) is 33.9. The summed E-state index contributed by atoms with van der Waals surface area (Å²) in [5, 5.41) is 27.2. The monoisotopic (exact) mass is 663 g/mol. The molecule has 0 aliphatic carbocycles. The summed E-state index contributed by atoms with van der Waals surface area (Å²) in [4.78, 5) is 52.6. The standard InChI is InChI=1S/C29H39BFN5O9S/c1-19(29(40)36-16-4-6-25(36)30(41)42)34-27(38)22-11-7-21(8-12-22)18-33-28(39)24(5-2-3-15-32)35-26(37)17-20-9-13-23(14-10-20)45-46(31,43)44/h7-14,19,24-25,41-42H,2-6,15-18,32H2,1H3,(H,33,39)(H,34,38)(H,35,37)/t19-,24+,25+/m1/s1. The summed E-state index contributed by atoms with van der Waals surface area (Å²) in [5.41, 5.74) is 7.02. The molecule has 0 bridgehead atoms. The lowest BCUT2D eigenvalue weighted by Gasteiger charge is -2.27. The van der Waals surface area contributed by atoms with E-state index in [1.54, 1.807) is 24.3 Å². The third kappa shape index (κ3) is 11.4. The molecule has 0 aromatic heterocycles. The van der Waals surface area contributed by atoms with Crippen molar-refractivity contribution < 1.29 is 45.7 Å². The van der Waals surface area contributed by atoms with Crippen LogP contribution in [0.4, 0.5) is 3.89 Å². The Balaban J connectivity index is 1.53. The van der Waals surface area contributed by atoms with Crippen molar-refractivity contribution in [3.63, 3.8) is 0 Å². The average Bonchev–Trinajstić information content (AvgIpc) is 3.50. The number of carbonyl (C=O) groups is 4. The topological polar surface area (TPSA) is 217 Å². The number of halogens is 1. The number of nitrogens with one attached hydrogen (secondary N) is 3. The molecule has 1 fully saturated rings. The molecular formula is C29H39BFN5O9S. The van der Waals surface area contributed by atoms with Gasteiger partial charge in [0, 0.05) is 18.7 Å². The summed E-state index contributed by atoms with van der Waals surface area (Å²) in [5.74, 6) is -2.74. The van der Waals surface area contributed by atoms with E-state index in [2.05, 4.69) is 20.1 Å². The second-order valence-electron chi connectivity index (χ2n) is 11.0. The molecule has 0 unspecified atom stereocenters. The summed E-state index contributed by atoms with van der Waals surface area (Å²) in [7, 11) is -6.82. The van der Waals surface area contributed by atoms with Gasteiger partial charge < -0.3 is 40.8 Å². The average molecular weight is 664 g/mol. The molecule has 7 N–H and O–H groups in total. The molecule has 1 aliphatic heterocycles. The molecule has 0 radical (unpaired) electrons. The molecule has 1 saturated heterocycles. The maximum Gasteiger partial charge on any atom is 0.488 e. The molecule has 250 valence electrons. The summed E-state index contributed by atoms with van der Waals surface area (Å²) in [6.45, 7) is 2.43. The lowest BCUT2D eigenvalue weighted by Crippen LogP contribution is -2.52. The molecule has 1 aliphatic rings. The number of carbonyl (C=O) groups excluding carboxylic acids is 4. The number of unbranched alkanes of at least 4 members (excludes halogenated alkanes) is 1. The fourth-order valence-electron chi connectivity index (χ4n) is 5.02. The van der Waals surface area contributed by atoms with Gasteiger partial charge in [0.15, 0.2) is 0 Å². The van der Waals surface area contributed by atoms with Gasteiger partial charge in [0.05, 0.1) is 12.4 Å². The fraction of sp³-hybridized carbons (Fsp3) is 0.448. The van der Waals surface area contributed by atoms with Crippen LogP contribution in [0.1, 0.15) is 60.5 Å². The van der Waals surface area contributed by atoms with Crippen LogP contribution in [0.5, 0.6) is 5.75 Å². The molecule has 0 saturated carbocycles. The minimum atomic E-state index is -5.17. The summed E-state index contributed by atoms with van der Waals surface area (Å²) >= 11 is 0. The van der Waals surface area contributed by atoms with Gasteiger partial charge in [0.1, 0.15) is 17.8 Å². The van der Waals surface area contributed by atoms with Crippen molar-refractivity contribution >= 4 is 41.3 Å². The molecule has 1 heterocycles. The highest BCUT2D eigenvalue weighted by molar-refractivity contribution is 7.81. The normalized spacial score (nSPS) is 15.8. The van der Waals surface area contributed by atoms with Gasteiger partial charge in [-0.2, -0.15) is 8.42 Å². The quantitative estimate of drug-likeness (QED) is 0.0795. The number of rotatable bonds is 16. The van der Waals surface area contributed by atoms with Crippen molar-refractivity contribution in [3.8, 4) is 5.75 Å². The number of hydrogen-bond acceptors (Lipinski definition) is 10. The van der Waals surface area contributed by atoms with Gasteiger partial charge in [-0.25, -0.2) is 0 Å². The van der Waals surface area contributed by atoms with E-state index in [1.807, 2.05) is 0 Å². The lowest BCUT2D eigenvalue weighted by molar-refractivity contribution is -0.132. The molecule has 14 nitrogen and oxygen atoms in total. The predicted molar refractivity (Wildman–Crippen MR) is 166 cm³/mol. The van der Waals surface area contributed by atoms with Crippen molar-refractivity contribution in [1.29, 1.82) is 0 Å². The van der Waals surface area contributed by atoms with Gasteiger partial charge in [-0.05, 0) is 81.0 Å². The molecule has 2 aromatic carbocycles. The van der Waals surface area contributed by atoms with E-state index < -0.39 is 59.3 Å². The largest absolute Gasteiger partial charge is 0.488 e. The highest BCUT2D eigenvalue weighted by atomic mass is 32.3. The first-order chi connectivity index (χ1) is 21.8. The van der Waals surface area contributed by atoms with Crippen LogP contribution < -0.4 is 25.9 Å². The number of hydrogen-bond donors (Lipinski definition) is 6. The third-order valence-electron chi connectivity index (χ3n) is 7.41. The number of nitrogens with two attached hydrogens (primary N) is 1. The van der Waals surface area contributed by atoms with E-state index >= 15 is 0 Å². The highest BCUT2D eigenvalue weighted by Crippen LogP contribution is 2.19. The Labute approximate surface area is 267 Å². The molecule has 17 heteroatoms. The van der Waals surface area contributed by atoms with Crippen molar-refractivity contribution in [2.24, 2.45) is 5.73 Å². The smallest absolute Gasteiger partial charge is 0.426 e. The zero-order valence-corrected chi connectivity index (χ0v) is 26.2. The molecule has 0 spiro atoms. The van der Waals surface area contributed by atoms with Crippen LogP contribution in [0.25, 0.3) is 0 Å². The van der Waals surface area contributed by atoms with Gasteiger partial charge in [-0.15, -0.1) is 0 Å². The van der Waals surface area contributed by atoms with Gasteiger partial charge in [-0.1, -0.05) is 28.2 Å². The van der Waals surface area contributed by atoms with Crippen LogP contribution in [0, 0.1) is 0 Å². The van der Waals surface area contributed by atoms with Gasteiger partial charge in [0.2, 0.25) is 17.7 Å². The van der Waals surface area contributed by atoms with Crippen LogP contribution >= 0.6 is 0 Å². The number of benzene rings is 2. The first-order valence-corrected chi connectivity index (χ1v) is 16.1. The van der Waals surface area contributed by atoms with Gasteiger partial charge in [-0.3, -0.25) is 19.2 Å². The number of nitrogens with zero attached hydrogens (tertiary/aromatic N) is 1. The summed E-state index contributed by atoms with van der Waals surface area (Å²) in [6, 6.07) is 9.84. The predicted octanol–water partition coefficient (Wildman–Crippen LogP) is -0.126. The Bertz CT molecular complexity index is 1460. The first-order valence-electron chi connectivity index (χ1n) is 14.8. The maximum atomic E-state index is 13.0. The molecule has 46 heavy (non-hydrogen) atoms. The fourth-order valence-corrected chi connectivity index (χ4v) is 5.36. The van der Waals surface area contributed by atoms with Gasteiger partial charge >= 0.3 is 17.6 Å².